The smallest absolute Gasteiger partial charge is 0.243 e. The molecule has 1 unspecified atom stereocenters. The molecule has 110 valence electrons. The van der Waals surface area contributed by atoms with Gasteiger partial charge < -0.3 is 0 Å². The van der Waals surface area contributed by atoms with Gasteiger partial charge in [0.15, 0.2) is 0 Å². The molecule has 1 atom stereocenters. The van der Waals surface area contributed by atoms with Crippen LogP contribution < -0.4 is 4.72 Å². The van der Waals surface area contributed by atoms with Gasteiger partial charge in [0.25, 0.3) is 0 Å². The largest absolute Gasteiger partial charge is 0.272 e. The van der Waals surface area contributed by atoms with Crippen LogP contribution in [-0.2, 0) is 17.1 Å². The molecule has 0 aromatic carbocycles. The number of aromatic nitrogens is 2. The van der Waals surface area contributed by atoms with Crippen LogP contribution in [0.3, 0.4) is 0 Å². The van der Waals surface area contributed by atoms with Gasteiger partial charge in [-0.05, 0) is 19.3 Å². The highest BCUT2D eigenvalue weighted by Crippen LogP contribution is 2.15. The van der Waals surface area contributed by atoms with Crippen molar-refractivity contribution in [2.24, 2.45) is 13.0 Å². The molecule has 0 spiro atoms. The van der Waals surface area contributed by atoms with Crippen LogP contribution in [0.25, 0.3) is 0 Å². The normalized spacial score (nSPS) is 13.7. The quantitative estimate of drug-likeness (QED) is 0.797. The highest BCUT2D eigenvalue weighted by atomic mass is 32.2. The second kappa shape index (κ2) is 7.05. The minimum atomic E-state index is -3.43. The molecule has 0 saturated carbocycles. The Balaban J connectivity index is 2.67. The molecule has 6 heteroatoms. The SMILES string of the molecule is CCCCC(CC)CNS(=O)(=O)c1cnn(C)c1C. The van der Waals surface area contributed by atoms with Gasteiger partial charge in [0.2, 0.25) is 10.0 Å². The summed E-state index contributed by atoms with van der Waals surface area (Å²) >= 11 is 0. The van der Waals surface area contributed by atoms with Crippen LogP contribution in [0.15, 0.2) is 11.1 Å². The first-order valence-corrected chi connectivity index (χ1v) is 8.38. The van der Waals surface area contributed by atoms with Crippen molar-refractivity contribution in [3.63, 3.8) is 0 Å². The van der Waals surface area contributed by atoms with Crippen molar-refractivity contribution in [3.05, 3.63) is 11.9 Å². The third kappa shape index (κ3) is 4.31. The van der Waals surface area contributed by atoms with E-state index >= 15 is 0 Å². The second-order valence-electron chi connectivity index (χ2n) is 4.99. The number of sulfonamides is 1. The Morgan fingerprint density at radius 2 is 2.11 bits per heavy atom. The summed E-state index contributed by atoms with van der Waals surface area (Å²) in [7, 11) is -1.69. The molecule has 0 aliphatic carbocycles. The molecular weight excluding hydrogens is 262 g/mol. The van der Waals surface area contributed by atoms with E-state index in [1.165, 1.54) is 6.20 Å². The summed E-state index contributed by atoms with van der Waals surface area (Å²) in [6, 6.07) is 0. The fourth-order valence-corrected chi connectivity index (χ4v) is 3.31. The van der Waals surface area contributed by atoms with Crippen LogP contribution in [0.4, 0.5) is 0 Å². The maximum atomic E-state index is 12.2. The average molecular weight is 287 g/mol. The topological polar surface area (TPSA) is 64.0 Å². The van der Waals surface area contributed by atoms with Gasteiger partial charge >= 0.3 is 0 Å². The standard InChI is InChI=1S/C13H25N3O2S/c1-5-7-8-12(6-2)9-15-19(17,18)13-10-14-16(4)11(13)3/h10,12,15H,5-9H2,1-4H3. The summed E-state index contributed by atoms with van der Waals surface area (Å²) in [5.74, 6) is 0.409. The van der Waals surface area contributed by atoms with Crippen molar-refractivity contribution in [3.8, 4) is 0 Å². The van der Waals surface area contributed by atoms with E-state index in [0.29, 0.717) is 18.2 Å². The zero-order valence-corrected chi connectivity index (χ0v) is 13.1. The summed E-state index contributed by atoms with van der Waals surface area (Å²) in [6.45, 7) is 6.52. The molecule has 1 N–H and O–H groups in total. The molecule has 1 aromatic rings. The molecule has 19 heavy (non-hydrogen) atoms. The van der Waals surface area contributed by atoms with Crippen LogP contribution in [-0.4, -0.2) is 24.7 Å². The lowest BCUT2D eigenvalue weighted by Gasteiger charge is -2.15. The molecule has 0 amide bonds. The number of hydrogen-bond acceptors (Lipinski definition) is 3. The molecule has 0 aliphatic rings. The average Bonchev–Trinajstić information content (AvgIpc) is 2.71. The Kier molecular flexibility index (Phi) is 6.00. The highest BCUT2D eigenvalue weighted by molar-refractivity contribution is 7.89. The molecule has 1 aromatic heterocycles. The number of unbranched alkanes of at least 4 members (excludes halogenated alkanes) is 1. The molecule has 0 saturated heterocycles. The molecule has 5 nitrogen and oxygen atoms in total. The van der Waals surface area contributed by atoms with E-state index in [2.05, 4.69) is 23.7 Å². The Morgan fingerprint density at radius 1 is 1.42 bits per heavy atom. The van der Waals surface area contributed by atoms with E-state index in [4.69, 9.17) is 0 Å². The zero-order valence-electron chi connectivity index (χ0n) is 12.3. The first-order valence-electron chi connectivity index (χ1n) is 6.90. The molecule has 0 radical (unpaired) electrons. The van der Waals surface area contributed by atoms with Gasteiger partial charge in [0, 0.05) is 13.6 Å². The first-order chi connectivity index (χ1) is 8.92. The van der Waals surface area contributed by atoms with Crippen LogP contribution >= 0.6 is 0 Å². The van der Waals surface area contributed by atoms with Gasteiger partial charge in [-0.15, -0.1) is 0 Å². The van der Waals surface area contributed by atoms with E-state index in [1.54, 1.807) is 18.7 Å². The van der Waals surface area contributed by atoms with Gasteiger partial charge in [0.05, 0.1) is 11.9 Å². The Labute approximate surface area is 116 Å². The second-order valence-corrected chi connectivity index (χ2v) is 6.72. The third-order valence-electron chi connectivity index (χ3n) is 3.59. The lowest BCUT2D eigenvalue weighted by atomic mass is 10.00. The number of hydrogen-bond donors (Lipinski definition) is 1. The van der Waals surface area contributed by atoms with Crippen molar-refractivity contribution in [1.29, 1.82) is 0 Å². The fourth-order valence-electron chi connectivity index (χ4n) is 1.99. The van der Waals surface area contributed by atoms with Gasteiger partial charge in [-0.25, -0.2) is 13.1 Å². The predicted octanol–water partition coefficient (Wildman–Crippen LogP) is 2.22. The number of nitrogens with zero attached hydrogens (tertiary/aromatic N) is 2. The maximum Gasteiger partial charge on any atom is 0.243 e. The van der Waals surface area contributed by atoms with E-state index < -0.39 is 10.0 Å². The maximum absolute atomic E-state index is 12.2. The van der Waals surface area contributed by atoms with Crippen LogP contribution in [0.5, 0.6) is 0 Å². The summed E-state index contributed by atoms with van der Waals surface area (Å²) in [4.78, 5) is 0.278. The first kappa shape index (κ1) is 16.2. The van der Waals surface area contributed by atoms with Crippen LogP contribution in [0, 0.1) is 12.8 Å². The molecule has 1 heterocycles. The molecule has 0 aliphatic heterocycles. The molecule has 0 bridgehead atoms. The van der Waals surface area contributed by atoms with Crippen molar-refractivity contribution in [2.45, 2.75) is 51.3 Å². The van der Waals surface area contributed by atoms with Gasteiger partial charge in [-0.1, -0.05) is 33.1 Å². The molecule has 0 fully saturated rings. The minimum Gasteiger partial charge on any atom is -0.272 e. The van der Waals surface area contributed by atoms with E-state index in [9.17, 15) is 8.42 Å². The summed E-state index contributed by atoms with van der Waals surface area (Å²) in [5.41, 5.74) is 0.661. The van der Waals surface area contributed by atoms with E-state index in [1.807, 2.05) is 0 Å². The van der Waals surface area contributed by atoms with Gasteiger partial charge in [-0.3, -0.25) is 4.68 Å². The fraction of sp³-hybridized carbons (Fsp3) is 0.769. The summed E-state index contributed by atoms with van der Waals surface area (Å²) < 4.78 is 28.7. The summed E-state index contributed by atoms with van der Waals surface area (Å²) in [6.07, 6.45) is 5.76. The number of nitrogens with one attached hydrogen (secondary N) is 1. The van der Waals surface area contributed by atoms with Gasteiger partial charge in [0.1, 0.15) is 4.90 Å². The van der Waals surface area contributed by atoms with Gasteiger partial charge in [-0.2, -0.15) is 5.10 Å². The monoisotopic (exact) mass is 287 g/mol. The Bertz CT molecular complexity index is 494. The van der Waals surface area contributed by atoms with E-state index in [-0.39, 0.29) is 4.90 Å². The van der Waals surface area contributed by atoms with Crippen LogP contribution in [0.2, 0.25) is 0 Å². The Morgan fingerprint density at radius 3 is 2.58 bits per heavy atom. The van der Waals surface area contributed by atoms with Crippen molar-refractivity contribution in [1.82, 2.24) is 14.5 Å². The summed E-state index contributed by atoms with van der Waals surface area (Å²) in [5, 5.41) is 3.98. The number of rotatable bonds is 8. The predicted molar refractivity (Wildman–Crippen MR) is 76.4 cm³/mol. The molecule has 1 rings (SSSR count). The third-order valence-corrected chi connectivity index (χ3v) is 5.11. The van der Waals surface area contributed by atoms with Crippen LogP contribution in [0.1, 0.15) is 45.2 Å². The molecular formula is C13H25N3O2S. The van der Waals surface area contributed by atoms with Crippen molar-refractivity contribution in [2.75, 3.05) is 6.54 Å². The van der Waals surface area contributed by atoms with E-state index in [0.717, 1.165) is 25.7 Å². The minimum absolute atomic E-state index is 0.278. The highest BCUT2D eigenvalue weighted by Gasteiger charge is 2.20. The van der Waals surface area contributed by atoms with Crippen molar-refractivity contribution < 1.29 is 8.42 Å². The number of aryl methyl sites for hydroxylation is 1. The lowest BCUT2D eigenvalue weighted by molar-refractivity contribution is 0.443. The zero-order chi connectivity index (χ0) is 14.5. The Hall–Kier alpha value is -0.880. The lowest BCUT2D eigenvalue weighted by Crippen LogP contribution is -2.29. The van der Waals surface area contributed by atoms with Crippen molar-refractivity contribution >= 4 is 10.0 Å².